The lowest BCUT2D eigenvalue weighted by Gasteiger charge is -2.27. The molecule has 0 heterocycles. The van der Waals surface area contributed by atoms with Crippen molar-refractivity contribution in [2.45, 2.75) is 51.5 Å². The smallest absolute Gasteiger partial charge is 0.220 e. The fourth-order valence-electron chi connectivity index (χ4n) is 2.14. The summed E-state index contributed by atoms with van der Waals surface area (Å²) in [7, 11) is 0. The summed E-state index contributed by atoms with van der Waals surface area (Å²) in [5.41, 5.74) is 5.63. The summed E-state index contributed by atoms with van der Waals surface area (Å²) in [5, 5.41) is 2.96. The number of nitrogens with one attached hydrogen (secondary N) is 1. The molecule has 4 heteroatoms. The molecule has 1 amide bonds. The van der Waals surface area contributed by atoms with Crippen molar-refractivity contribution in [1.82, 2.24) is 5.32 Å². The number of hydrogen-bond donors (Lipinski definition) is 2. The Hall–Kier alpha value is -1.42. The molecule has 0 aliphatic carbocycles. The minimum absolute atomic E-state index is 0.00649. The van der Waals surface area contributed by atoms with E-state index in [1.807, 2.05) is 19.9 Å². The molecule has 3 N–H and O–H groups in total. The lowest BCUT2D eigenvalue weighted by molar-refractivity contribution is -0.122. The maximum absolute atomic E-state index is 13.2. The molecule has 0 aliphatic heterocycles. The van der Waals surface area contributed by atoms with Crippen molar-refractivity contribution in [3.8, 4) is 0 Å². The molecule has 1 aromatic carbocycles. The monoisotopic (exact) mass is 280 g/mol. The number of carbonyl (C=O) groups excluding carboxylic acids is 1. The highest BCUT2D eigenvalue weighted by molar-refractivity contribution is 5.76. The van der Waals surface area contributed by atoms with Crippen LogP contribution in [0, 0.1) is 5.82 Å². The lowest BCUT2D eigenvalue weighted by Crippen LogP contribution is -2.40. The molecule has 0 aliphatic rings. The van der Waals surface area contributed by atoms with Gasteiger partial charge in [0.1, 0.15) is 5.82 Å². The normalized spacial score (nSPS) is 11.4. The van der Waals surface area contributed by atoms with Gasteiger partial charge in [-0.25, -0.2) is 4.39 Å². The molecule has 1 rings (SSSR count). The van der Waals surface area contributed by atoms with Crippen LogP contribution in [0.5, 0.6) is 0 Å². The number of unbranched alkanes of at least 4 members (excludes halogenated alkanes) is 3. The van der Waals surface area contributed by atoms with Crippen LogP contribution in [0.25, 0.3) is 0 Å². The van der Waals surface area contributed by atoms with Crippen LogP contribution in [0.2, 0.25) is 0 Å². The summed E-state index contributed by atoms with van der Waals surface area (Å²) in [4.78, 5) is 11.9. The van der Waals surface area contributed by atoms with Crippen LogP contribution in [0.4, 0.5) is 4.39 Å². The molecule has 0 aromatic heterocycles. The number of nitrogens with two attached hydrogens (primary N) is 1. The van der Waals surface area contributed by atoms with Gasteiger partial charge in [0, 0.05) is 6.42 Å². The second-order valence-electron chi connectivity index (χ2n) is 5.64. The van der Waals surface area contributed by atoms with Gasteiger partial charge in [0.05, 0.1) is 5.54 Å². The van der Waals surface area contributed by atoms with Crippen molar-refractivity contribution in [2.24, 2.45) is 5.73 Å². The van der Waals surface area contributed by atoms with Crippen LogP contribution in [0.15, 0.2) is 24.3 Å². The first-order chi connectivity index (χ1) is 9.45. The average molecular weight is 280 g/mol. The van der Waals surface area contributed by atoms with Gasteiger partial charge in [-0.2, -0.15) is 0 Å². The average Bonchev–Trinajstić information content (AvgIpc) is 2.38. The summed E-state index contributed by atoms with van der Waals surface area (Å²) in [6.45, 7) is 4.47. The highest BCUT2D eigenvalue weighted by atomic mass is 19.1. The largest absolute Gasteiger partial charge is 0.347 e. The van der Waals surface area contributed by atoms with Gasteiger partial charge in [0.25, 0.3) is 0 Å². The summed E-state index contributed by atoms with van der Waals surface area (Å²) in [6.07, 6.45) is 4.47. The fraction of sp³-hybridized carbons (Fsp3) is 0.562. The number of halogens is 1. The van der Waals surface area contributed by atoms with E-state index in [-0.39, 0.29) is 11.7 Å². The molecule has 112 valence electrons. The van der Waals surface area contributed by atoms with Gasteiger partial charge in [0.2, 0.25) is 5.91 Å². The van der Waals surface area contributed by atoms with Crippen LogP contribution >= 0.6 is 0 Å². The van der Waals surface area contributed by atoms with E-state index in [0.29, 0.717) is 13.0 Å². The van der Waals surface area contributed by atoms with E-state index in [4.69, 9.17) is 5.73 Å². The Kier molecular flexibility index (Phi) is 6.65. The van der Waals surface area contributed by atoms with E-state index in [0.717, 1.165) is 31.2 Å². The number of hydrogen-bond acceptors (Lipinski definition) is 2. The molecule has 0 bridgehead atoms. The molecule has 0 radical (unpaired) electrons. The number of carbonyl (C=O) groups is 1. The first-order valence-corrected chi connectivity index (χ1v) is 7.23. The number of benzene rings is 1. The van der Waals surface area contributed by atoms with Crippen molar-refractivity contribution in [1.29, 1.82) is 0 Å². The maximum atomic E-state index is 13.2. The molecule has 0 saturated heterocycles. The maximum Gasteiger partial charge on any atom is 0.220 e. The summed E-state index contributed by atoms with van der Waals surface area (Å²) in [6, 6.07) is 6.34. The van der Waals surface area contributed by atoms with Gasteiger partial charge in [-0.15, -0.1) is 0 Å². The third-order valence-corrected chi connectivity index (χ3v) is 3.36. The van der Waals surface area contributed by atoms with Gasteiger partial charge < -0.3 is 11.1 Å². The van der Waals surface area contributed by atoms with E-state index in [1.165, 1.54) is 12.1 Å². The molecule has 20 heavy (non-hydrogen) atoms. The fourth-order valence-corrected chi connectivity index (χ4v) is 2.14. The van der Waals surface area contributed by atoms with Gasteiger partial charge >= 0.3 is 0 Å². The molecule has 1 aromatic rings. The molecule has 0 unspecified atom stereocenters. The minimum Gasteiger partial charge on any atom is -0.347 e. The Labute approximate surface area is 120 Å². The van der Waals surface area contributed by atoms with Crippen LogP contribution in [0.3, 0.4) is 0 Å². The molecular weight excluding hydrogens is 255 g/mol. The van der Waals surface area contributed by atoms with E-state index < -0.39 is 5.54 Å². The zero-order valence-electron chi connectivity index (χ0n) is 12.4. The summed E-state index contributed by atoms with van der Waals surface area (Å²) < 4.78 is 13.2. The van der Waals surface area contributed by atoms with Crippen LogP contribution < -0.4 is 11.1 Å². The zero-order valence-corrected chi connectivity index (χ0v) is 12.4. The van der Waals surface area contributed by atoms with Gasteiger partial charge in [-0.1, -0.05) is 25.0 Å². The standard InChI is InChI=1S/C16H25FN2O/c1-16(2,13-8-7-9-14(17)12-13)19-15(20)10-5-3-4-6-11-18/h7-9,12H,3-6,10-11,18H2,1-2H3,(H,19,20). The molecule has 0 atom stereocenters. The molecular formula is C16H25FN2O. The quantitative estimate of drug-likeness (QED) is 0.719. The van der Waals surface area contributed by atoms with Gasteiger partial charge in [0.15, 0.2) is 0 Å². The second-order valence-corrected chi connectivity index (χ2v) is 5.64. The second kappa shape index (κ2) is 8.00. The topological polar surface area (TPSA) is 55.1 Å². The summed E-state index contributed by atoms with van der Waals surface area (Å²) >= 11 is 0. The van der Waals surface area contributed by atoms with E-state index >= 15 is 0 Å². The van der Waals surface area contributed by atoms with Crippen molar-refractivity contribution < 1.29 is 9.18 Å². The molecule has 0 fully saturated rings. The van der Waals surface area contributed by atoms with E-state index in [9.17, 15) is 9.18 Å². The van der Waals surface area contributed by atoms with Crippen LogP contribution in [-0.2, 0) is 10.3 Å². The predicted octanol–water partition coefficient (Wildman–Crippen LogP) is 3.09. The minimum atomic E-state index is -0.559. The Morgan fingerprint density at radius 3 is 2.60 bits per heavy atom. The highest BCUT2D eigenvalue weighted by Crippen LogP contribution is 2.21. The van der Waals surface area contributed by atoms with Crippen molar-refractivity contribution >= 4 is 5.91 Å². The molecule has 0 spiro atoms. The molecule has 3 nitrogen and oxygen atoms in total. The Morgan fingerprint density at radius 2 is 1.95 bits per heavy atom. The Morgan fingerprint density at radius 1 is 1.25 bits per heavy atom. The lowest BCUT2D eigenvalue weighted by atomic mass is 9.94. The first kappa shape index (κ1) is 16.6. The number of rotatable bonds is 8. The van der Waals surface area contributed by atoms with Crippen LogP contribution in [0.1, 0.15) is 51.5 Å². The first-order valence-electron chi connectivity index (χ1n) is 7.23. The van der Waals surface area contributed by atoms with Gasteiger partial charge in [-0.3, -0.25) is 4.79 Å². The Balaban J connectivity index is 2.43. The molecule has 0 saturated carbocycles. The zero-order chi connectivity index (χ0) is 15.0. The van der Waals surface area contributed by atoms with Gasteiger partial charge in [-0.05, 0) is 50.9 Å². The third-order valence-electron chi connectivity index (χ3n) is 3.36. The van der Waals surface area contributed by atoms with E-state index in [1.54, 1.807) is 6.07 Å². The van der Waals surface area contributed by atoms with Crippen molar-refractivity contribution in [3.05, 3.63) is 35.6 Å². The van der Waals surface area contributed by atoms with E-state index in [2.05, 4.69) is 5.32 Å². The third kappa shape index (κ3) is 5.70. The Bertz CT molecular complexity index is 432. The van der Waals surface area contributed by atoms with Crippen LogP contribution in [-0.4, -0.2) is 12.5 Å². The van der Waals surface area contributed by atoms with Crippen molar-refractivity contribution in [3.63, 3.8) is 0 Å². The predicted molar refractivity (Wildman–Crippen MR) is 79.7 cm³/mol. The SMILES string of the molecule is CC(C)(NC(=O)CCCCCCN)c1cccc(F)c1. The number of amides is 1. The van der Waals surface area contributed by atoms with Crippen molar-refractivity contribution in [2.75, 3.05) is 6.54 Å². The highest BCUT2D eigenvalue weighted by Gasteiger charge is 2.22. The summed E-state index contributed by atoms with van der Waals surface area (Å²) in [5.74, 6) is -0.279.